The molecule has 1 aliphatic rings. The van der Waals surface area contributed by atoms with Crippen molar-refractivity contribution in [2.75, 3.05) is 0 Å². The van der Waals surface area contributed by atoms with Gasteiger partial charge in [0.1, 0.15) is 11.2 Å². The number of rotatable bonds is 5. The van der Waals surface area contributed by atoms with Crippen LogP contribution in [0.3, 0.4) is 0 Å². The Morgan fingerprint density at radius 1 is 1.53 bits per heavy atom. The first kappa shape index (κ1) is 12.0. The molecule has 1 N–H and O–H groups in total. The minimum Gasteiger partial charge on any atom is -0.480 e. The zero-order valence-corrected chi connectivity index (χ0v) is 9.16. The third-order valence-corrected chi connectivity index (χ3v) is 3.09. The molecule has 1 aliphatic carbocycles. The first-order valence-corrected chi connectivity index (χ1v) is 5.55. The fraction of sp³-hybridized carbons (Fsp3) is 0.667. The second-order valence-electron chi connectivity index (χ2n) is 4.08. The zero-order chi connectivity index (χ0) is 11.3. The zero-order valence-electron chi connectivity index (χ0n) is 9.16. The van der Waals surface area contributed by atoms with Crippen molar-refractivity contribution in [3.63, 3.8) is 0 Å². The molecule has 0 bridgehead atoms. The van der Waals surface area contributed by atoms with E-state index in [-0.39, 0.29) is 5.78 Å². The molecule has 0 saturated heterocycles. The maximum absolute atomic E-state index is 11.6. The van der Waals surface area contributed by atoms with Gasteiger partial charge in [0.05, 0.1) is 0 Å². The van der Waals surface area contributed by atoms with Crippen LogP contribution in [0.25, 0.3) is 0 Å². The summed E-state index contributed by atoms with van der Waals surface area (Å²) in [5.41, 5.74) is -1.07. The van der Waals surface area contributed by atoms with Gasteiger partial charge >= 0.3 is 5.97 Å². The summed E-state index contributed by atoms with van der Waals surface area (Å²) in [4.78, 5) is 22.7. The van der Waals surface area contributed by atoms with Crippen molar-refractivity contribution < 1.29 is 14.7 Å². The van der Waals surface area contributed by atoms with Gasteiger partial charge in [-0.05, 0) is 32.1 Å². The van der Waals surface area contributed by atoms with Crippen LogP contribution in [-0.2, 0) is 9.59 Å². The number of carbonyl (C=O) groups excluding carboxylic acids is 1. The van der Waals surface area contributed by atoms with Gasteiger partial charge in [-0.3, -0.25) is 9.59 Å². The van der Waals surface area contributed by atoms with Crippen LogP contribution in [0, 0.1) is 5.41 Å². The molecule has 3 nitrogen and oxygen atoms in total. The summed E-state index contributed by atoms with van der Waals surface area (Å²) >= 11 is 0. The van der Waals surface area contributed by atoms with Crippen LogP contribution in [-0.4, -0.2) is 16.9 Å². The van der Waals surface area contributed by atoms with Crippen molar-refractivity contribution in [2.24, 2.45) is 5.41 Å². The molecule has 0 aromatic rings. The second-order valence-corrected chi connectivity index (χ2v) is 4.08. The minimum atomic E-state index is -1.07. The van der Waals surface area contributed by atoms with Gasteiger partial charge in [-0.1, -0.05) is 19.1 Å². The van der Waals surface area contributed by atoms with Gasteiger partial charge in [0.2, 0.25) is 0 Å². The number of allylic oxidation sites excluding steroid dienone is 2. The van der Waals surface area contributed by atoms with Gasteiger partial charge in [-0.25, -0.2) is 0 Å². The highest BCUT2D eigenvalue weighted by Crippen LogP contribution is 2.39. The molecule has 1 saturated carbocycles. The van der Waals surface area contributed by atoms with E-state index in [2.05, 4.69) is 0 Å². The van der Waals surface area contributed by atoms with Crippen molar-refractivity contribution in [2.45, 2.75) is 45.4 Å². The summed E-state index contributed by atoms with van der Waals surface area (Å²) in [5.74, 6) is -1.02. The van der Waals surface area contributed by atoms with Crippen molar-refractivity contribution in [1.82, 2.24) is 0 Å². The van der Waals surface area contributed by atoms with Crippen LogP contribution < -0.4 is 0 Å². The number of carboxylic acids is 1. The summed E-state index contributed by atoms with van der Waals surface area (Å²) in [7, 11) is 0. The maximum atomic E-state index is 11.6. The van der Waals surface area contributed by atoms with Crippen molar-refractivity contribution in [3.05, 3.63) is 12.2 Å². The van der Waals surface area contributed by atoms with Crippen LogP contribution in [0.5, 0.6) is 0 Å². The smallest absolute Gasteiger partial charge is 0.317 e. The summed E-state index contributed by atoms with van der Waals surface area (Å²) < 4.78 is 0. The number of aliphatic carboxylic acids is 1. The molecule has 84 valence electrons. The molecular weight excluding hydrogens is 192 g/mol. The number of hydrogen-bond donors (Lipinski definition) is 1. The predicted molar refractivity (Wildman–Crippen MR) is 57.6 cm³/mol. The molecule has 0 radical (unpaired) electrons. The van der Waals surface area contributed by atoms with Crippen LogP contribution in [0.15, 0.2) is 12.2 Å². The summed E-state index contributed by atoms with van der Waals surface area (Å²) in [6, 6.07) is 0. The normalized spacial score (nSPS) is 26.3. The largest absolute Gasteiger partial charge is 0.480 e. The Kier molecular flexibility index (Phi) is 4.06. The number of Topliss-reactive ketones (excluding diaryl/α,β-unsaturated/α-hetero) is 1. The van der Waals surface area contributed by atoms with E-state index >= 15 is 0 Å². The molecule has 1 atom stereocenters. The highest BCUT2D eigenvalue weighted by molar-refractivity contribution is 6.04. The first-order valence-electron chi connectivity index (χ1n) is 5.55. The van der Waals surface area contributed by atoms with Gasteiger partial charge in [0.25, 0.3) is 0 Å². The SMILES string of the molecule is CCC=CCCC1(C(=O)O)CCCC1=O. The van der Waals surface area contributed by atoms with Crippen molar-refractivity contribution >= 4 is 11.8 Å². The average molecular weight is 210 g/mol. The van der Waals surface area contributed by atoms with E-state index in [0.717, 1.165) is 12.8 Å². The lowest BCUT2D eigenvalue weighted by atomic mass is 9.80. The van der Waals surface area contributed by atoms with E-state index in [1.165, 1.54) is 0 Å². The molecule has 1 fully saturated rings. The van der Waals surface area contributed by atoms with Crippen molar-refractivity contribution in [3.8, 4) is 0 Å². The molecule has 1 rings (SSSR count). The molecule has 15 heavy (non-hydrogen) atoms. The van der Waals surface area contributed by atoms with Crippen molar-refractivity contribution in [1.29, 1.82) is 0 Å². The molecule has 0 aromatic heterocycles. The topological polar surface area (TPSA) is 54.4 Å². The van der Waals surface area contributed by atoms with Gasteiger partial charge in [0.15, 0.2) is 0 Å². The van der Waals surface area contributed by atoms with E-state index in [1.807, 2.05) is 19.1 Å². The van der Waals surface area contributed by atoms with E-state index < -0.39 is 11.4 Å². The molecule has 0 aliphatic heterocycles. The highest BCUT2D eigenvalue weighted by Gasteiger charge is 2.47. The first-order chi connectivity index (χ1) is 7.13. The Morgan fingerprint density at radius 2 is 2.27 bits per heavy atom. The Balaban J connectivity index is 2.63. The molecule has 3 heteroatoms. The maximum Gasteiger partial charge on any atom is 0.317 e. The lowest BCUT2D eigenvalue weighted by Crippen LogP contribution is -2.34. The molecule has 0 amide bonds. The van der Waals surface area contributed by atoms with Crippen LogP contribution in [0.4, 0.5) is 0 Å². The fourth-order valence-electron chi connectivity index (χ4n) is 2.14. The third-order valence-electron chi connectivity index (χ3n) is 3.09. The van der Waals surface area contributed by atoms with Crippen LogP contribution >= 0.6 is 0 Å². The highest BCUT2D eigenvalue weighted by atomic mass is 16.4. The number of carboxylic acid groups (broad SMARTS) is 1. The summed E-state index contributed by atoms with van der Waals surface area (Å²) in [6.07, 6.45) is 7.75. The lowest BCUT2D eigenvalue weighted by molar-refractivity contribution is -0.153. The van der Waals surface area contributed by atoms with Crippen LogP contribution in [0.2, 0.25) is 0 Å². The van der Waals surface area contributed by atoms with E-state index in [4.69, 9.17) is 5.11 Å². The van der Waals surface area contributed by atoms with Gasteiger partial charge in [0, 0.05) is 6.42 Å². The number of ketones is 1. The Hall–Kier alpha value is -1.12. The molecule has 0 spiro atoms. The number of carbonyl (C=O) groups is 2. The van der Waals surface area contributed by atoms with Crippen LogP contribution in [0.1, 0.15) is 45.4 Å². The standard InChI is InChI=1S/C12H18O3/c1-2-3-4-5-8-12(11(14)15)9-6-7-10(12)13/h3-4H,2,5-9H2,1H3,(H,14,15). The molecule has 0 heterocycles. The Bertz CT molecular complexity index is 281. The molecule has 1 unspecified atom stereocenters. The Morgan fingerprint density at radius 3 is 2.73 bits per heavy atom. The van der Waals surface area contributed by atoms with Gasteiger partial charge in [-0.2, -0.15) is 0 Å². The third kappa shape index (κ3) is 2.46. The van der Waals surface area contributed by atoms with E-state index in [1.54, 1.807) is 0 Å². The average Bonchev–Trinajstić information content (AvgIpc) is 2.56. The minimum absolute atomic E-state index is 0.0834. The molecule has 0 aromatic carbocycles. The Labute approximate surface area is 90.2 Å². The summed E-state index contributed by atoms with van der Waals surface area (Å²) in [5, 5.41) is 9.15. The van der Waals surface area contributed by atoms with Gasteiger partial charge < -0.3 is 5.11 Å². The van der Waals surface area contributed by atoms with E-state index in [9.17, 15) is 9.59 Å². The quantitative estimate of drug-likeness (QED) is 0.560. The monoisotopic (exact) mass is 210 g/mol. The predicted octanol–water partition coefficient (Wildman–Crippen LogP) is 2.56. The van der Waals surface area contributed by atoms with E-state index in [0.29, 0.717) is 25.7 Å². The summed E-state index contributed by atoms with van der Waals surface area (Å²) in [6.45, 7) is 2.03. The number of hydrogen-bond acceptors (Lipinski definition) is 2. The second kappa shape index (κ2) is 5.10. The van der Waals surface area contributed by atoms with Gasteiger partial charge in [-0.15, -0.1) is 0 Å². The fourth-order valence-corrected chi connectivity index (χ4v) is 2.14. The molecular formula is C12H18O3. The lowest BCUT2D eigenvalue weighted by Gasteiger charge is -2.20.